The van der Waals surface area contributed by atoms with E-state index in [-0.39, 0.29) is 23.4 Å². The first-order valence-electron chi connectivity index (χ1n) is 12.1. The largest absolute Gasteiger partial charge is 0.339 e. The van der Waals surface area contributed by atoms with Gasteiger partial charge in [0.1, 0.15) is 0 Å². The number of piperidine rings is 2. The average Bonchev–Trinajstić information content (AvgIpc) is 3.43. The number of rotatable bonds is 8. The molecule has 4 unspecified atom stereocenters. The number of hydrogen-bond acceptors (Lipinski definition) is 5. The Morgan fingerprint density at radius 1 is 1.12 bits per heavy atom. The molecule has 1 aromatic rings. The zero-order valence-corrected chi connectivity index (χ0v) is 20.3. The van der Waals surface area contributed by atoms with Gasteiger partial charge in [-0.1, -0.05) is 24.3 Å². The van der Waals surface area contributed by atoms with Crippen molar-refractivity contribution in [2.24, 2.45) is 5.92 Å². The Morgan fingerprint density at radius 2 is 1.81 bits per heavy atom. The number of carbonyl (C=O) groups excluding carboxylic acids is 1. The lowest BCUT2D eigenvalue weighted by molar-refractivity contribution is -0.125. The molecule has 178 valence electrons. The van der Waals surface area contributed by atoms with Gasteiger partial charge < -0.3 is 16.0 Å². The third-order valence-electron chi connectivity index (χ3n) is 7.61. The van der Waals surface area contributed by atoms with E-state index in [1.807, 2.05) is 7.05 Å². The fourth-order valence-electron chi connectivity index (χ4n) is 5.54. The van der Waals surface area contributed by atoms with Crippen molar-refractivity contribution in [3.05, 3.63) is 35.4 Å². The molecule has 1 aliphatic carbocycles. The van der Waals surface area contributed by atoms with Crippen molar-refractivity contribution in [3.8, 4) is 0 Å². The number of sulfonamides is 1. The lowest BCUT2D eigenvalue weighted by atomic mass is 9.89. The minimum absolute atomic E-state index is 0.0441. The second kappa shape index (κ2) is 9.79. The Hall–Kier alpha value is -1.48. The highest BCUT2D eigenvalue weighted by Gasteiger charge is 2.43. The summed E-state index contributed by atoms with van der Waals surface area (Å²) >= 11 is 0. The smallest absolute Gasteiger partial charge is 0.238 e. The quantitative estimate of drug-likeness (QED) is 0.514. The van der Waals surface area contributed by atoms with E-state index in [1.54, 1.807) is 18.2 Å². The van der Waals surface area contributed by atoms with Gasteiger partial charge in [-0.25, -0.2) is 12.7 Å². The highest BCUT2D eigenvalue weighted by molar-refractivity contribution is 7.89. The van der Waals surface area contributed by atoms with Gasteiger partial charge in [-0.3, -0.25) is 4.79 Å². The summed E-state index contributed by atoms with van der Waals surface area (Å²) in [5, 5.41) is 9.51. The van der Waals surface area contributed by atoms with Crippen molar-refractivity contribution >= 4 is 15.9 Å². The molecule has 3 fully saturated rings. The molecular formula is C24H38N4O3S. The highest BCUT2D eigenvalue weighted by Crippen LogP contribution is 2.35. The van der Waals surface area contributed by atoms with E-state index in [1.165, 1.54) is 17.5 Å². The summed E-state index contributed by atoms with van der Waals surface area (Å²) in [5.41, 5.74) is 2.45. The third kappa shape index (κ3) is 5.03. The van der Waals surface area contributed by atoms with Crippen molar-refractivity contribution in [1.82, 2.24) is 20.3 Å². The first kappa shape index (κ1) is 23.7. The molecule has 4 atom stereocenters. The Kier molecular flexibility index (Phi) is 7.24. The van der Waals surface area contributed by atoms with E-state index in [0.29, 0.717) is 31.0 Å². The second-order valence-corrected chi connectivity index (χ2v) is 12.5. The molecule has 4 rings (SSSR count). The van der Waals surface area contributed by atoms with Crippen LogP contribution in [0.15, 0.2) is 24.3 Å². The van der Waals surface area contributed by atoms with Gasteiger partial charge in [0, 0.05) is 25.6 Å². The van der Waals surface area contributed by atoms with Gasteiger partial charge in [0.25, 0.3) is 0 Å². The second-order valence-electron chi connectivity index (χ2n) is 9.98. The number of benzene rings is 1. The van der Waals surface area contributed by atoms with Crippen LogP contribution in [-0.2, 0) is 21.2 Å². The highest BCUT2D eigenvalue weighted by atomic mass is 32.2. The molecule has 3 N–H and O–H groups in total. The standard InChI is InChI=1S/C24H38N4O3S/c1-16(2)32(30,31)28-12-10-19(11-13-28)18-6-4-17(5-7-18)14-22(25-3)27-24(29)23-20-8-9-21(15-20)26-23/h4-7,16,19-23,25-26H,8-15H2,1-3H3,(H,27,29). The van der Waals surface area contributed by atoms with Crippen LogP contribution >= 0.6 is 0 Å². The molecule has 3 aliphatic rings. The molecule has 2 heterocycles. The van der Waals surface area contributed by atoms with Gasteiger partial charge >= 0.3 is 0 Å². The van der Waals surface area contributed by atoms with Crippen molar-refractivity contribution in [2.75, 3.05) is 20.1 Å². The van der Waals surface area contributed by atoms with E-state index in [4.69, 9.17) is 0 Å². The molecule has 7 nitrogen and oxygen atoms in total. The maximum Gasteiger partial charge on any atom is 0.238 e. The first-order valence-corrected chi connectivity index (χ1v) is 13.6. The molecule has 32 heavy (non-hydrogen) atoms. The molecular weight excluding hydrogens is 424 g/mol. The molecule has 2 saturated heterocycles. The van der Waals surface area contributed by atoms with Crippen LogP contribution in [0, 0.1) is 5.92 Å². The van der Waals surface area contributed by atoms with Crippen molar-refractivity contribution in [2.45, 2.75) is 81.8 Å². The monoisotopic (exact) mass is 462 g/mol. The fourth-order valence-corrected chi connectivity index (χ4v) is 6.86. The van der Waals surface area contributed by atoms with E-state index < -0.39 is 10.0 Å². The van der Waals surface area contributed by atoms with Crippen molar-refractivity contribution in [3.63, 3.8) is 0 Å². The van der Waals surface area contributed by atoms with Crippen molar-refractivity contribution < 1.29 is 13.2 Å². The van der Waals surface area contributed by atoms with E-state index in [9.17, 15) is 13.2 Å². The Bertz CT molecular complexity index is 894. The molecule has 1 aromatic carbocycles. The number of likely N-dealkylation sites (N-methyl/N-ethyl adjacent to an activating group) is 1. The first-order chi connectivity index (χ1) is 15.3. The maximum absolute atomic E-state index is 12.7. The normalized spacial score (nSPS) is 27.7. The zero-order valence-electron chi connectivity index (χ0n) is 19.5. The number of nitrogens with one attached hydrogen (secondary N) is 3. The Balaban J connectivity index is 1.29. The molecule has 0 aromatic heterocycles. The summed E-state index contributed by atoms with van der Waals surface area (Å²) in [4.78, 5) is 12.7. The lowest BCUT2D eigenvalue weighted by Crippen LogP contribution is -2.54. The van der Waals surface area contributed by atoms with E-state index >= 15 is 0 Å². The molecule has 2 aliphatic heterocycles. The summed E-state index contributed by atoms with van der Waals surface area (Å²) in [6, 6.07) is 9.08. The number of hydrogen-bond donors (Lipinski definition) is 3. The molecule has 0 radical (unpaired) electrons. The molecule has 0 spiro atoms. The minimum Gasteiger partial charge on any atom is -0.339 e. The average molecular weight is 463 g/mol. The predicted octanol–water partition coefficient (Wildman–Crippen LogP) is 1.95. The van der Waals surface area contributed by atoms with Crippen LogP contribution in [0.4, 0.5) is 0 Å². The number of carbonyl (C=O) groups is 1. The molecule has 1 saturated carbocycles. The molecule has 2 bridgehead atoms. The summed E-state index contributed by atoms with van der Waals surface area (Å²) in [7, 11) is -1.28. The van der Waals surface area contributed by atoms with Crippen LogP contribution in [-0.4, -0.2) is 62.3 Å². The van der Waals surface area contributed by atoms with Crippen LogP contribution in [0.2, 0.25) is 0 Å². The third-order valence-corrected chi connectivity index (χ3v) is 9.88. The van der Waals surface area contributed by atoms with Gasteiger partial charge in [-0.05, 0) is 76.0 Å². The Morgan fingerprint density at radius 3 is 2.34 bits per heavy atom. The van der Waals surface area contributed by atoms with E-state index in [2.05, 4.69) is 40.2 Å². The predicted molar refractivity (Wildman–Crippen MR) is 127 cm³/mol. The summed E-state index contributed by atoms with van der Waals surface area (Å²) in [5.74, 6) is 0.987. The summed E-state index contributed by atoms with van der Waals surface area (Å²) in [6.07, 6.45) is 5.83. The maximum atomic E-state index is 12.7. The summed E-state index contributed by atoms with van der Waals surface area (Å²) < 4.78 is 26.4. The van der Waals surface area contributed by atoms with Crippen LogP contribution in [0.3, 0.4) is 0 Å². The number of amides is 1. The van der Waals surface area contributed by atoms with Gasteiger partial charge in [0.2, 0.25) is 15.9 Å². The minimum atomic E-state index is -3.16. The Labute approximate surface area is 192 Å². The fraction of sp³-hybridized carbons (Fsp3) is 0.708. The number of nitrogens with zero attached hydrogens (tertiary/aromatic N) is 1. The topological polar surface area (TPSA) is 90.5 Å². The van der Waals surface area contributed by atoms with Gasteiger partial charge in [0.05, 0.1) is 17.5 Å². The molecule has 8 heteroatoms. The SMILES string of the molecule is CNC(Cc1ccc(C2CCN(S(=O)(=O)C(C)C)CC2)cc1)NC(=O)C1NC2CCC1C2. The van der Waals surface area contributed by atoms with Gasteiger partial charge in [-0.15, -0.1) is 0 Å². The van der Waals surface area contributed by atoms with Gasteiger partial charge in [0.15, 0.2) is 0 Å². The van der Waals surface area contributed by atoms with Crippen LogP contribution in [0.25, 0.3) is 0 Å². The summed E-state index contributed by atoms with van der Waals surface area (Å²) in [6.45, 7) is 4.68. The van der Waals surface area contributed by atoms with Crippen LogP contribution in [0.1, 0.15) is 63.0 Å². The number of fused-ring (bicyclic) bond motifs is 2. The van der Waals surface area contributed by atoms with Crippen LogP contribution < -0.4 is 16.0 Å². The zero-order chi connectivity index (χ0) is 22.9. The van der Waals surface area contributed by atoms with Crippen LogP contribution in [0.5, 0.6) is 0 Å². The molecule has 1 amide bonds. The van der Waals surface area contributed by atoms with Gasteiger partial charge in [-0.2, -0.15) is 0 Å². The van der Waals surface area contributed by atoms with Crippen molar-refractivity contribution in [1.29, 1.82) is 0 Å². The van der Waals surface area contributed by atoms with E-state index in [0.717, 1.165) is 32.1 Å². The lowest BCUT2D eigenvalue weighted by Gasteiger charge is -2.32.